The lowest BCUT2D eigenvalue weighted by atomic mass is 10.2. The van der Waals surface area contributed by atoms with Crippen molar-refractivity contribution in [2.45, 2.75) is 19.1 Å². The van der Waals surface area contributed by atoms with E-state index in [0.717, 1.165) is 13.0 Å². The molecule has 0 saturated carbocycles. The van der Waals surface area contributed by atoms with E-state index in [1.807, 2.05) is 0 Å². The molecule has 1 aromatic carbocycles. The molecule has 88 valence electrons. The molecule has 1 aliphatic rings. The number of β-amino-alcohol motifs (C(OH)–C–C–N with tert-alkyl or cyclic N) is 1. The zero-order valence-corrected chi connectivity index (χ0v) is 9.32. The third-order valence-corrected chi connectivity index (χ3v) is 2.90. The Hall–Kier alpha value is -1.13. The van der Waals surface area contributed by atoms with Crippen LogP contribution in [0.3, 0.4) is 0 Å². The van der Waals surface area contributed by atoms with Crippen LogP contribution in [0.4, 0.5) is 4.39 Å². The van der Waals surface area contributed by atoms with E-state index in [0.29, 0.717) is 24.4 Å². The van der Waals surface area contributed by atoms with Crippen molar-refractivity contribution in [3.8, 4) is 5.75 Å². The number of nitrogens with zero attached hydrogens (tertiary/aromatic N) is 1. The zero-order valence-electron chi connectivity index (χ0n) is 9.32. The van der Waals surface area contributed by atoms with Crippen molar-refractivity contribution in [3.05, 3.63) is 29.6 Å². The Morgan fingerprint density at radius 2 is 2.38 bits per heavy atom. The standard InChI is InChI=1S/C12H16FNO2/c1-16-11-3-2-9(12(13)6-11)7-14-5-4-10(15)8-14/h2-3,6,10,15H,4-5,7-8H2,1H3/t10-/m0/s1. The molecule has 0 aliphatic carbocycles. The van der Waals surface area contributed by atoms with Crippen molar-refractivity contribution in [2.75, 3.05) is 20.2 Å². The van der Waals surface area contributed by atoms with Gasteiger partial charge < -0.3 is 9.84 Å². The third-order valence-electron chi connectivity index (χ3n) is 2.90. The fourth-order valence-electron chi connectivity index (χ4n) is 1.98. The van der Waals surface area contributed by atoms with Gasteiger partial charge in [-0.25, -0.2) is 4.39 Å². The van der Waals surface area contributed by atoms with Crippen LogP contribution in [-0.2, 0) is 6.54 Å². The maximum atomic E-state index is 13.6. The molecule has 0 spiro atoms. The number of halogens is 1. The molecule has 1 N–H and O–H groups in total. The molecule has 0 aromatic heterocycles. The molecule has 1 atom stereocenters. The van der Waals surface area contributed by atoms with Gasteiger partial charge in [0, 0.05) is 31.3 Å². The molecule has 2 rings (SSSR count). The fraction of sp³-hybridized carbons (Fsp3) is 0.500. The summed E-state index contributed by atoms with van der Waals surface area (Å²) < 4.78 is 18.6. The molecule has 1 aromatic rings. The molecule has 3 nitrogen and oxygen atoms in total. The first kappa shape index (κ1) is 11.4. The highest BCUT2D eigenvalue weighted by Crippen LogP contribution is 2.19. The van der Waals surface area contributed by atoms with Gasteiger partial charge in [-0.3, -0.25) is 4.90 Å². The monoisotopic (exact) mass is 225 g/mol. The van der Waals surface area contributed by atoms with E-state index in [1.54, 1.807) is 12.1 Å². The summed E-state index contributed by atoms with van der Waals surface area (Å²) in [6, 6.07) is 4.88. The van der Waals surface area contributed by atoms with Gasteiger partial charge in [-0.2, -0.15) is 0 Å². The maximum Gasteiger partial charge on any atom is 0.131 e. The summed E-state index contributed by atoms with van der Waals surface area (Å²) in [6.07, 6.45) is 0.513. The Morgan fingerprint density at radius 1 is 1.56 bits per heavy atom. The molecule has 1 heterocycles. The molecule has 0 bridgehead atoms. The van der Waals surface area contributed by atoms with Gasteiger partial charge in [-0.1, -0.05) is 6.07 Å². The lowest BCUT2D eigenvalue weighted by Gasteiger charge is -2.15. The first-order valence-corrected chi connectivity index (χ1v) is 5.42. The van der Waals surface area contributed by atoms with Gasteiger partial charge in [0.15, 0.2) is 0 Å². The second kappa shape index (κ2) is 4.80. The van der Waals surface area contributed by atoms with Crippen LogP contribution in [0.5, 0.6) is 5.75 Å². The average molecular weight is 225 g/mol. The highest BCUT2D eigenvalue weighted by Gasteiger charge is 2.20. The molecule has 4 heteroatoms. The molecule has 16 heavy (non-hydrogen) atoms. The Morgan fingerprint density at radius 3 is 2.94 bits per heavy atom. The number of ether oxygens (including phenoxy) is 1. The quantitative estimate of drug-likeness (QED) is 0.844. The average Bonchev–Trinajstić information content (AvgIpc) is 2.67. The lowest BCUT2D eigenvalue weighted by molar-refractivity contribution is 0.174. The SMILES string of the molecule is COc1ccc(CN2CC[C@H](O)C2)c(F)c1. The molecule has 1 saturated heterocycles. The van der Waals surface area contributed by atoms with Crippen LogP contribution in [0.1, 0.15) is 12.0 Å². The minimum atomic E-state index is -0.263. The summed E-state index contributed by atoms with van der Waals surface area (Å²) in [5.41, 5.74) is 0.648. The number of likely N-dealkylation sites (tertiary alicyclic amines) is 1. The topological polar surface area (TPSA) is 32.7 Å². The Kier molecular flexibility index (Phi) is 3.41. The fourth-order valence-corrected chi connectivity index (χ4v) is 1.98. The smallest absolute Gasteiger partial charge is 0.131 e. The first-order valence-electron chi connectivity index (χ1n) is 5.42. The lowest BCUT2D eigenvalue weighted by Crippen LogP contribution is -2.22. The van der Waals surface area contributed by atoms with Crippen molar-refractivity contribution in [1.29, 1.82) is 0 Å². The molecule has 0 unspecified atom stereocenters. The number of aliphatic hydroxyl groups is 1. The van der Waals surface area contributed by atoms with Crippen LogP contribution < -0.4 is 4.74 Å². The van der Waals surface area contributed by atoms with E-state index >= 15 is 0 Å². The van der Waals surface area contributed by atoms with Gasteiger partial charge in [0.05, 0.1) is 13.2 Å². The Bertz CT molecular complexity index is 370. The van der Waals surface area contributed by atoms with E-state index in [2.05, 4.69) is 4.90 Å². The second-order valence-corrected chi connectivity index (χ2v) is 4.13. The summed E-state index contributed by atoms with van der Waals surface area (Å²) in [5.74, 6) is 0.281. The molecular formula is C12H16FNO2. The molecule has 0 radical (unpaired) electrons. The van der Waals surface area contributed by atoms with E-state index in [1.165, 1.54) is 13.2 Å². The number of methoxy groups -OCH3 is 1. The zero-order chi connectivity index (χ0) is 11.5. The minimum absolute atomic E-state index is 0.249. The second-order valence-electron chi connectivity index (χ2n) is 4.13. The van der Waals surface area contributed by atoms with Gasteiger partial charge in [0.1, 0.15) is 11.6 Å². The van der Waals surface area contributed by atoms with Crippen LogP contribution in [-0.4, -0.2) is 36.3 Å². The highest BCUT2D eigenvalue weighted by molar-refractivity contribution is 5.28. The van der Waals surface area contributed by atoms with E-state index < -0.39 is 0 Å². The number of benzene rings is 1. The number of rotatable bonds is 3. The van der Waals surface area contributed by atoms with Crippen molar-refractivity contribution in [2.24, 2.45) is 0 Å². The summed E-state index contributed by atoms with van der Waals surface area (Å²) in [6.45, 7) is 2.00. The highest BCUT2D eigenvalue weighted by atomic mass is 19.1. The van der Waals surface area contributed by atoms with Gasteiger partial charge in [0.25, 0.3) is 0 Å². The van der Waals surface area contributed by atoms with Gasteiger partial charge in [0.2, 0.25) is 0 Å². The van der Waals surface area contributed by atoms with Gasteiger partial charge in [-0.05, 0) is 12.5 Å². The van der Waals surface area contributed by atoms with Crippen molar-refractivity contribution < 1.29 is 14.2 Å². The van der Waals surface area contributed by atoms with E-state index in [9.17, 15) is 9.50 Å². The molecule has 1 aliphatic heterocycles. The van der Waals surface area contributed by atoms with Crippen molar-refractivity contribution in [1.82, 2.24) is 4.90 Å². The Balaban J connectivity index is 2.04. The first-order chi connectivity index (χ1) is 7.69. The summed E-state index contributed by atoms with van der Waals surface area (Å²) in [7, 11) is 1.52. The van der Waals surface area contributed by atoms with Crippen molar-refractivity contribution in [3.63, 3.8) is 0 Å². The molecular weight excluding hydrogens is 209 g/mol. The molecule has 1 fully saturated rings. The molecule has 0 amide bonds. The van der Waals surface area contributed by atoms with Crippen LogP contribution in [0.2, 0.25) is 0 Å². The summed E-state index contributed by atoms with van der Waals surface area (Å²) in [4.78, 5) is 2.05. The predicted octanol–water partition coefficient (Wildman–Crippen LogP) is 1.40. The van der Waals surface area contributed by atoms with Crippen LogP contribution in [0, 0.1) is 5.82 Å². The Labute approximate surface area is 94.4 Å². The van der Waals surface area contributed by atoms with Crippen molar-refractivity contribution >= 4 is 0 Å². The van der Waals surface area contributed by atoms with Gasteiger partial charge >= 0.3 is 0 Å². The van der Waals surface area contributed by atoms with E-state index in [-0.39, 0.29) is 11.9 Å². The number of aliphatic hydroxyl groups excluding tert-OH is 1. The maximum absolute atomic E-state index is 13.6. The number of hydrogen-bond donors (Lipinski definition) is 1. The largest absolute Gasteiger partial charge is 0.497 e. The van der Waals surface area contributed by atoms with Crippen LogP contribution in [0.15, 0.2) is 18.2 Å². The van der Waals surface area contributed by atoms with Crippen LogP contribution >= 0.6 is 0 Å². The number of hydrogen-bond acceptors (Lipinski definition) is 3. The van der Waals surface area contributed by atoms with E-state index in [4.69, 9.17) is 4.74 Å². The minimum Gasteiger partial charge on any atom is -0.497 e. The van der Waals surface area contributed by atoms with Gasteiger partial charge in [-0.15, -0.1) is 0 Å². The van der Waals surface area contributed by atoms with Crippen LogP contribution in [0.25, 0.3) is 0 Å². The summed E-state index contributed by atoms with van der Waals surface area (Å²) >= 11 is 0. The normalized spacial score (nSPS) is 21.3. The third kappa shape index (κ3) is 2.51. The predicted molar refractivity (Wildman–Crippen MR) is 58.9 cm³/mol. The summed E-state index contributed by atoms with van der Waals surface area (Å²) in [5, 5.41) is 9.37.